The summed E-state index contributed by atoms with van der Waals surface area (Å²) in [6, 6.07) is 11.3. The van der Waals surface area contributed by atoms with Gasteiger partial charge in [-0.25, -0.2) is 0 Å². The fourth-order valence-corrected chi connectivity index (χ4v) is 2.68. The largest absolute Gasteiger partial charge is 0.483 e. The van der Waals surface area contributed by atoms with Crippen LogP contribution in [0.25, 0.3) is 5.70 Å². The summed E-state index contributed by atoms with van der Waals surface area (Å²) < 4.78 is 7.81. The van der Waals surface area contributed by atoms with Gasteiger partial charge in [0.05, 0.1) is 5.70 Å². The summed E-state index contributed by atoms with van der Waals surface area (Å²) in [5.74, 6) is 0.821. The first-order valence-electron chi connectivity index (χ1n) is 7.09. The molecule has 0 amide bonds. The third-order valence-corrected chi connectivity index (χ3v) is 4.08. The van der Waals surface area contributed by atoms with Crippen molar-refractivity contribution in [3.05, 3.63) is 69.6 Å². The van der Waals surface area contributed by atoms with Crippen LogP contribution in [-0.4, -0.2) is 10.2 Å². The number of fused-ring (bicyclic) bond motifs is 1. The van der Waals surface area contributed by atoms with Crippen molar-refractivity contribution >= 4 is 5.70 Å². The number of rotatable bonds is 1. The molecule has 0 saturated carbocycles. The molecule has 0 bridgehead atoms. The number of benzene rings is 1. The quantitative estimate of drug-likeness (QED) is 0.799. The Morgan fingerprint density at radius 2 is 1.86 bits per heavy atom. The number of nitrogens with zero attached hydrogens (tertiary/aromatic N) is 1. The van der Waals surface area contributed by atoms with E-state index in [0.717, 1.165) is 28.1 Å². The van der Waals surface area contributed by atoms with Gasteiger partial charge in [0.15, 0.2) is 0 Å². The monoisotopic (exact) mass is 281 g/mol. The number of aryl methyl sites for hydroxylation is 1. The molecule has 0 aliphatic carbocycles. The molecule has 0 atom stereocenters. The molecule has 3 rings (SSSR count). The Morgan fingerprint density at radius 1 is 1.10 bits per heavy atom. The second-order valence-electron chi connectivity index (χ2n) is 5.99. The first-order valence-corrected chi connectivity index (χ1v) is 7.09. The van der Waals surface area contributed by atoms with E-state index >= 15 is 0 Å². The molecule has 0 spiro atoms. The van der Waals surface area contributed by atoms with Gasteiger partial charge in [0.1, 0.15) is 11.4 Å². The number of ether oxygens (including phenoxy) is 1. The Morgan fingerprint density at radius 3 is 2.57 bits per heavy atom. The maximum Gasteiger partial charge on any atom is 0.255 e. The van der Waals surface area contributed by atoms with E-state index in [4.69, 9.17) is 4.74 Å². The zero-order valence-corrected chi connectivity index (χ0v) is 12.8. The van der Waals surface area contributed by atoms with Crippen LogP contribution in [0.3, 0.4) is 0 Å². The van der Waals surface area contributed by atoms with Crippen LogP contribution in [0.1, 0.15) is 31.9 Å². The highest BCUT2D eigenvalue weighted by atomic mass is 16.5. The van der Waals surface area contributed by atoms with Gasteiger partial charge in [-0.05, 0) is 51.5 Å². The van der Waals surface area contributed by atoms with Gasteiger partial charge in [0.25, 0.3) is 5.56 Å². The van der Waals surface area contributed by atoms with Gasteiger partial charge in [0.2, 0.25) is 0 Å². The third kappa shape index (κ3) is 2.19. The number of pyridine rings is 1. The summed E-state index contributed by atoms with van der Waals surface area (Å²) in [7, 11) is 0. The second-order valence-corrected chi connectivity index (χ2v) is 5.99. The van der Waals surface area contributed by atoms with Crippen molar-refractivity contribution in [3.8, 4) is 5.75 Å². The maximum absolute atomic E-state index is 12.3. The lowest BCUT2D eigenvalue weighted by Gasteiger charge is -2.36. The number of aromatic nitrogens is 1. The fourth-order valence-electron chi connectivity index (χ4n) is 2.68. The lowest BCUT2D eigenvalue weighted by atomic mass is 9.90. The van der Waals surface area contributed by atoms with Crippen molar-refractivity contribution in [2.24, 2.45) is 0 Å². The molecule has 1 aromatic heterocycles. The summed E-state index contributed by atoms with van der Waals surface area (Å²) in [6.45, 7) is 8.12. The van der Waals surface area contributed by atoms with E-state index in [1.165, 1.54) is 0 Å². The summed E-state index contributed by atoms with van der Waals surface area (Å²) in [5.41, 5.74) is 3.63. The SMILES string of the molecule is CC1=C(n2ccccc2=O)c2cc(C)ccc2OC1(C)C. The summed E-state index contributed by atoms with van der Waals surface area (Å²) >= 11 is 0. The van der Waals surface area contributed by atoms with E-state index in [1.807, 2.05) is 52.1 Å². The average molecular weight is 281 g/mol. The molecule has 0 unspecified atom stereocenters. The molecule has 2 heterocycles. The Balaban J connectivity index is 2.37. The fraction of sp³-hybridized carbons (Fsp3) is 0.278. The smallest absolute Gasteiger partial charge is 0.255 e. The molecule has 2 aromatic rings. The van der Waals surface area contributed by atoms with Crippen LogP contribution in [0.15, 0.2) is 53.0 Å². The maximum atomic E-state index is 12.3. The van der Waals surface area contributed by atoms with Crippen LogP contribution in [0.5, 0.6) is 5.75 Å². The summed E-state index contributed by atoms with van der Waals surface area (Å²) in [4.78, 5) is 12.3. The normalized spacial score (nSPS) is 16.4. The van der Waals surface area contributed by atoms with Crippen molar-refractivity contribution in [1.29, 1.82) is 0 Å². The molecular weight excluding hydrogens is 262 g/mol. The number of hydrogen-bond donors (Lipinski definition) is 0. The first kappa shape index (κ1) is 13.7. The third-order valence-electron chi connectivity index (χ3n) is 4.08. The van der Waals surface area contributed by atoms with Gasteiger partial charge in [-0.3, -0.25) is 9.36 Å². The molecule has 0 N–H and O–H groups in total. The average Bonchev–Trinajstić information content (AvgIpc) is 2.42. The zero-order valence-electron chi connectivity index (χ0n) is 12.8. The van der Waals surface area contributed by atoms with E-state index in [0.29, 0.717) is 0 Å². The van der Waals surface area contributed by atoms with Gasteiger partial charge in [-0.1, -0.05) is 17.7 Å². The van der Waals surface area contributed by atoms with Crippen molar-refractivity contribution in [1.82, 2.24) is 4.57 Å². The molecule has 0 saturated heterocycles. The van der Waals surface area contributed by atoms with Gasteiger partial charge >= 0.3 is 0 Å². The highest BCUT2D eigenvalue weighted by Crippen LogP contribution is 2.41. The van der Waals surface area contributed by atoms with E-state index in [2.05, 4.69) is 6.07 Å². The number of hydrogen-bond acceptors (Lipinski definition) is 2. The van der Waals surface area contributed by atoms with Crippen LogP contribution in [0.2, 0.25) is 0 Å². The molecule has 0 fully saturated rings. The predicted octanol–water partition coefficient (Wildman–Crippen LogP) is 3.61. The van der Waals surface area contributed by atoms with E-state index in [1.54, 1.807) is 16.7 Å². The van der Waals surface area contributed by atoms with Crippen LogP contribution in [0.4, 0.5) is 0 Å². The second kappa shape index (κ2) is 4.62. The van der Waals surface area contributed by atoms with Crippen molar-refractivity contribution in [2.45, 2.75) is 33.3 Å². The van der Waals surface area contributed by atoms with Crippen LogP contribution < -0.4 is 10.3 Å². The molecule has 108 valence electrons. The van der Waals surface area contributed by atoms with E-state index in [9.17, 15) is 4.79 Å². The van der Waals surface area contributed by atoms with Gasteiger partial charge in [-0.15, -0.1) is 0 Å². The van der Waals surface area contributed by atoms with E-state index in [-0.39, 0.29) is 5.56 Å². The van der Waals surface area contributed by atoms with Crippen molar-refractivity contribution < 1.29 is 4.74 Å². The first-order chi connectivity index (χ1) is 9.90. The van der Waals surface area contributed by atoms with Crippen molar-refractivity contribution in [3.63, 3.8) is 0 Å². The Hall–Kier alpha value is -2.29. The lowest BCUT2D eigenvalue weighted by Crippen LogP contribution is -2.36. The predicted molar refractivity (Wildman–Crippen MR) is 84.6 cm³/mol. The molecule has 1 aliphatic heterocycles. The molecule has 1 aliphatic rings. The molecule has 1 aromatic carbocycles. The van der Waals surface area contributed by atoms with Crippen LogP contribution in [-0.2, 0) is 0 Å². The summed E-state index contributed by atoms with van der Waals surface area (Å²) in [6.07, 6.45) is 1.81. The zero-order chi connectivity index (χ0) is 15.2. The van der Waals surface area contributed by atoms with Gasteiger partial charge in [-0.2, -0.15) is 0 Å². The molecule has 21 heavy (non-hydrogen) atoms. The van der Waals surface area contributed by atoms with Gasteiger partial charge < -0.3 is 4.74 Å². The molecule has 3 nitrogen and oxygen atoms in total. The van der Waals surface area contributed by atoms with Crippen LogP contribution in [0, 0.1) is 6.92 Å². The summed E-state index contributed by atoms with van der Waals surface area (Å²) in [5, 5.41) is 0. The lowest BCUT2D eigenvalue weighted by molar-refractivity contribution is 0.143. The Labute approximate surface area is 124 Å². The highest BCUT2D eigenvalue weighted by molar-refractivity contribution is 5.76. The highest BCUT2D eigenvalue weighted by Gasteiger charge is 2.33. The minimum Gasteiger partial charge on any atom is -0.483 e. The Bertz CT molecular complexity index is 797. The van der Waals surface area contributed by atoms with Crippen molar-refractivity contribution in [2.75, 3.05) is 0 Å². The minimum atomic E-state index is -0.438. The molecule has 3 heteroatoms. The molecule has 0 radical (unpaired) electrons. The Kier molecular flexibility index (Phi) is 3.01. The van der Waals surface area contributed by atoms with Crippen LogP contribution >= 0.6 is 0 Å². The topological polar surface area (TPSA) is 31.2 Å². The van der Waals surface area contributed by atoms with Gasteiger partial charge in [0, 0.05) is 17.8 Å². The standard InChI is InChI=1S/C18H19NO2/c1-12-8-9-15-14(11-12)17(13(2)18(3,4)21-15)19-10-6-5-7-16(19)20/h5-11H,1-4H3. The minimum absolute atomic E-state index is 0.0305. The molecular formula is C18H19NO2. The van der Waals surface area contributed by atoms with E-state index < -0.39 is 5.60 Å².